The molecule has 0 radical (unpaired) electrons. The van der Waals surface area contributed by atoms with Crippen LogP contribution in [0.3, 0.4) is 0 Å². The Hall–Kier alpha value is -1.36. The minimum absolute atomic E-state index is 0.320. The second kappa shape index (κ2) is 3.09. The van der Waals surface area contributed by atoms with Gasteiger partial charge in [-0.1, -0.05) is 15.9 Å². The number of carbonyl (C=O) groups is 2. The van der Waals surface area contributed by atoms with Gasteiger partial charge in [0, 0.05) is 10.0 Å². The van der Waals surface area contributed by atoms with Crippen LogP contribution in [0.1, 0.15) is 22.0 Å². The minimum Gasteiger partial charge on any atom is -0.478 e. The van der Waals surface area contributed by atoms with Crippen molar-refractivity contribution in [1.29, 1.82) is 0 Å². The molecule has 14 heavy (non-hydrogen) atoms. The standard InChI is InChI=1S/C9H5BrO4/c10-4-1-2-5-6(3-4)7(8(11)12)14-9(5)13/h1-3,7H,(H,11,12). The summed E-state index contributed by atoms with van der Waals surface area (Å²) in [6.45, 7) is 0. The lowest BCUT2D eigenvalue weighted by atomic mass is 10.1. The average Bonchev–Trinajstić information content (AvgIpc) is 2.43. The number of cyclic esters (lactones) is 1. The van der Waals surface area contributed by atoms with E-state index in [1.165, 1.54) is 0 Å². The molecule has 0 amide bonds. The first-order valence-electron chi connectivity index (χ1n) is 3.83. The molecule has 1 atom stereocenters. The first kappa shape index (κ1) is 9.21. The molecular formula is C9H5BrO4. The van der Waals surface area contributed by atoms with Crippen LogP contribution >= 0.6 is 15.9 Å². The van der Waals surface area contributed by atoms with E-state index in [0.29, 0.717) is 11.1 Å². The number of carbonyl (C=O) groups excluding carboxylic acids is 1. The fourth-order valence-electron chi connectivity index (χ4n) is 1.35. The smallest absolute Gasteiger partial charge is 0.349 e. The highest BCUT2D eigenvalue weighted by molar-refractivity contribution is 9.10. The van der Waals surface area contributed by atoms with Crippen LogP contribution < -0.4 is 0 Å². The van der Waals surface area contributed by atoms with Crippen LogP contribution in [-0.4, -0.2) is 17.0 Å². The number of hydrogen-bond acceptors (Lipinski definition) is 3. The van der Waals surface area contributed by atoms with Crippen LogP contribution in [0.15, 0.2) is 22.7 Å². The highest BCUT2D eigenvalue weighted by Gasteiger charge is 2.35. The van der Waals surface area contributed by atoms with Crippen molar-refractivity contribution in [3.8, 4) is 0 Å². The number of fused-ring (bicyclic) bond motifs is 1. The van der Waals surface area contributed by atoms with Gasteiger partial charge in [0.15, 0.2) is 0 Å². The Morgan fingerprint density at radius 1 is 1.50 bits per heavy atom. The normalized spacial score (nSPS) is 18.9. The number of esters is 1. The Labute approximate surface area is 87.6 Å². The number of benzene rings is 1. The van der Waals surface area contributed by atoms with Crippen LogP contribution in [-0.2, 0) is 9.53 Å². The van der Waals surface area contributed by atoms with Gasteiger partial charge in [0.25, 0.3) is 0 Å². The molecule has 1 aliphatic rings. The fraction of sp³-hybridized carbons (Fsp3) is 0.111. The summed E-state index contributed by atoms with van der Waals surface area (Å²) in [5.41, 5.74) is 0.720. The zero-order valence-corrected chi connectivity index (χ0v) is 8.45. The van der Waals surface area contributed by atoms with Crippen LogP contribution in [0.5, 0.6) is 0 Å². The number of rotatable bonds is 1. The number of ether oxygens (including phenoxy) is 1. The van der Waals surface area contributed by atoms with E-state index in [1.807, 2.05) is 0 Å². The minimum atomic E-state index is -1.17. The van der Waals surface area contributed by atoms with Crippen molar-refractivity contribution in [3.63, 3.8) is 0 Å². The third-order valence-corrected chi connectivity index (χ3v) is 2.46. The van der Waals surface area contributed by atoms with E-state index in [1.54, 1.807) is 18.2 Å². The topological polar surface area (TPSA) is 63.6 Å². The van der Waals surface area contributed by atoms with Gasteiger partial charge in [-0.25, -0.2) is 9.59 Å². The number of carboxylic acids is 1. The van der Waals surface area contributed by atoms with E-state index in [0.717, 1.165) is 4.47 Å². The van der Waals surface area contributed by atoms with Crippen LogP contribution in [0, 0.1) is 0 Å². The Kier molecular flexibility index (Phi) is 2.03. The van der Waals surface area contributed by atoms with Crippen molar-refractivity contribution in [2.45, 2.75) is 6.10 Å². The quantitative estimate of drug-likeness (QED) is 0.778. The summed E-state index contributed by atoms with van der Waals surface area (Å²) in [5, 5.41) is 8.78. The Bertz CT molecular complexity index is 427. The molecule has 5 heteroatoms. The molecule has 1 aromatic rings. The van der Waals surface area contributed by atoms with Gasteiger partial charge in [-0.2, -0.15) is 0 Å². The van der Waals surface area contributed by atoms with E-state index in [4.69, 9.17) is 5.11 Å². The van der Waals surface area contributed by atoms with Gasteiger partial charge in [-0.05, 0) is 18.2 Å². The molecule has 0 saturated carbocycles. The third-order valence-electron chi connectivity index (χ3n) is 1.97. The first-order chi connectivity index (χ1) is 6.59. The Balaban J connectivity index is 2.56. The van der Waals surface area contributed by atoms with Gasteiger partial charge >= 0.3 is 11.9 Å². The lowest BCUT2D eigenvalue weighted by Gasteiger charge is -2.03. The molecule has 0 aromatic heterocycles. The van der Waals surface area contributed by atoms with Crippen molar-refractivity contribution in [2.75, 3.05) is 0 Å². The van der Waals surface area contributed by atoms with Gasteiger partial charge in [-0.15, -0.1) is 0 Å². The maximum atomic E-state index is 11.2. The van der Waals surface area contributed by atoms with E-state index in [2.05, 4.69) is 20.7 Å². The summed E-state index contributed by atoms with van der Waals surface area (Å²) in [6, 6.07) is 4.80. The maximum absolute atomic E-state index is 11.2. The summed E-state index contributed by atoms with van der Waals surface area (Å²) in [4.78, 5) is 21.9. The van der Waals surface area contributed by atoms with E-state index in [-0.39, 0.29) is 0 Å². The van der Waals surface area contributed by atoms with Crippen molar-refractivity contribution in [3.05, 3.63) is 33.8 Å². The zero-order chi connectivity index (χ0) is 10.3. The first-order valence-corrected chi connectivity index (χ1v) is 4.62. The number of carboxylic acid groups (broad SMARTS) is 1. The number of halogens is 1. The van der Waals surface area contributed by atoms with Gasteiger partial charge in [0.05, 0.1) is 5.56 Å². The van der Waals surface area contributed by atoms with Gasteiger partial charge < -0.3 is 9.84 Å². The molecule has 1 N–H and O–H groups in total. The Morgan fingerprint density at radius 3 is 2.86 bits per heavy atom. The molecule has 4 nitrogen and oxygen atoms in total. The summed E-state index contributed by atoms with van der Waals surface area (Å²) in [5.74, 6) is -1.74. The summed E-state index contributed by atoms with van der Waals surface area (Å²) in [7, 11) is 0. The predicted octanol–water partition coefficient (Wildman–Crippen LogP) is 1.75. The number of aliphatic carboxylic acids is 1. The van der Waals surface area contributed by atoms with E-state index in [9.17, 15) is 9.59 Å². The van der Waals surface area contributed by atoms with Crippen molar-refractivity contribution in [2.24, 2.45) is 0 Å². The second-order valence-electron chi connectivity index (χ2n) is 2.86. The van der Waals surface area contributed by atoms with Crippen molar-refractivity contribution in [1.82, 2.24) is 0 Å². The molecule has 0 spiro atoms. The molecule has 1 aromatic carbocycles. The third kappa shape index (κ3) is 1.29. The number of hydrogen-bond donors (Lipinski definition) is 1. The summed E-state index contributed by atoms with van der Waals surface area (Å²) >= 11 is 3.20. The SMILES string of the molecule is O=C1OC(C(=O)O)c2cc(Br)ccc21. The van der Waals surface area contributed by atoms with Gasteiger partial charge in [-0.3, -0.25) is 0 Å². The molecule has 0 saturated heterocycles. The monoisotopic (exact) mass is 256 g/mol. The van der Waals surface area contributed by atoms with Crippen LogP contribution in [0.4, 0.5) is 0 Å². The molecule has 2 rings (SSSR count). The average molecular weight is 257 g/mol. The zero-order valence-electron chi connectivity index (χ0n) is 6.86. The van der Waals surface area contributed by atoms with Crippen molar-refractivity contribution >= 4 is 27.9 Å². The van der Waals surface area contributed by atoms with Crippen LogP contribution in [0.2, 0.25) is 0 Å². The molecule has 0 fully saturated rings. The van der Waals surface area contributed by atoms with Gasteiger partial charge in [0.1, 0.15) is 0 Å². The second-order valence-corrected chi connectivity index (χ2v) is 3.77. The fourth-order valence-corrected chi connectivity index (χ4v) is 1.73. The largest absolute Gasteiger partial charge is 0.478 e. The van der Waals surface area contributed by atoms with Gasteiger partial charge in [0.2, 0.25) is 6.10 Å². The molecule has 1 aliphatic heterocycles. The van der Waals surface area contributed by atoms with E-state index >= 15 is 0 Å². The molecular weight excluding hydrogens is 252 g/mol. The maximum Gasteiger partial charge on any atom is 0.349 e. The molecule has 0 bridgehead atoms. The summed E-state index contributed by atoms with van der Waals surface area (Å²) < 4.78 is 5.41. The lowest BCUT2D eigenvalue weighted by Crippen LogP contribution is -2.10. The molecule has 1 heterocycles. The predicted molar refractivity (Wildman–Crippen MR) is 49.9 cm³/mol. The summed E-state index contributed by atoms with van der Waals surface area (Å²) in [6.07, 6.45) is -1.17. The molecule has 0 aliphatic carbocycles. The highest BCUT2D eigenvalue weighted by Crippen LogP contribution is 2.32. The van der Waals surface area contributed by atoms with Crippen LogP contribution in [0.25, 0.3) is 0 Å². The van der Waals surface area contributed by atoms with E-state index < -0.39 is 18.0 Å². The molecule has 1 unspecified atom stereocenters. The van der Waals surface area contributed by atoms with Crippen molar-refractivity contribution < 1.29 is 19.4 Å². The highest BCUT2D eigenvalue weighted by atomic mass is 79.9. The Morgan fingerprint density at radius 2 is 2.21 bits per heavy atom. The molecule has 72 valence electrons. The lowest BCUT2D eigenvalue weighted by molar-refractivity contribution is -0.146.